The lowest BCUT2D eigenvalue weighted by molar-refractivity contribution is -0.136. The van der Waals surface area contributed by atoms with Gasteiger partial charge in [-0.2, -0.15) is 13.2 Å². The summed E-state index contributed by atoms with van der Waals surface area (Å²) in [6.45, 7) is 2.77. The van der Waals surface area contributed by atoms with Crippen molar-refractivity contribution >= 4 is 31.6 Å². The fourth-order valence-electron chi connectivity index (χ4n) is 1.12. The van der Waals surface area contributed by atoms with E-state index < -0.39 is 32.7 Å². The lowest BCUT2D eigenvalue weighted by Gasteiger charge is -2.16. The SMILES string of the molecule is CC(C)S(=O)(=O)Nc1cc(Br)ccc1C(F)(F)F. The zero-order chi connectivity index (χ0) is 14.1. The smallest absolute Gasteiger partial charge is 0.283 e. The number of alkyl halides is 3. The Balaban J connectivity index is 3.28. The molecule has 0 saturated carbocycles. The lowest BCUT2D eigenvalue weighted by atomic mass is 10.2. The molecular weight excluding hydrogens is 335 g/mol. The highest BCUT2D eigenvalue weighted by Crippen LogP contribution is 2.36. The maximum Gasteiger partial charge on any atom is 0.418 e. The standard InChI is InChI=1S/C10H11BrF3NO2S/c1-6(2)18(16,17)15-9-5-7(11)3-4-8(9)10(12,13)14/h3-6,15H,1-2H3. The van der Waals surface area contributed by atoms with Crippen LogP contribution in [0.25, 0.3) is 0 Å². The topological polar surface area (TPSA) is 46.2 Å². The van der Waals surface area contributed by atoms with Crippen LogP contribution in [-0.4, -0.2) is 13.7 Å². The fraction of sp³-hybridized carbons (Fsp3) is 0.400. The molecule has 8 heteroatoms. The molecule has 1 N–H and O–H groups in total. The van der Waals surface area contributed by atoms with E-state index >= 15 is 0 Å². The molecule has 0 saturated heterocycles. The number of hydrogen-bond donors (Lipinski definition) is 1. The zero-order valence-electron chi connectivity index (χ0n) is 9.55. The normalized spacial score (nSPS) is 12.8. The van der Waals surface area contributed by atoms with Gasteiger partial charge in [0.25, 0.3) is 0 Å². The highest BCUT2D eigenvalue weighted by molar-refractivity contribution is 9.10. The fourth-order valence-corrected chi connectivity index (χ4v) is 2.19. The lowest BCUT2D eigenvalue weighted by Crippen LogP contribution is -2.24. The molecule has 1 aromatic carbocycles. The van der Waals surface area contributed by atoms with E-state index in [0.717, 1.165) is 12.1 Å². The van der Waals surface area contributed by atoms with Crippen molar-refractivity contribution < 1.29 is 21.6 Å². The van der Waals surface area contributed by atoms with Crippen LogP contribution < -0.4 is 4.72 Å². The molecule has 0 radical (unpaired) electrons. The van der Waals surface area contributed by atoms with Crippen molar-refractivity contribution in [3.63, 3.8) is 0 Å². The zero-order valence-corrected chi connectivity index (χ0v) is 11.9. The Morgan fingerprint density at radius 2 is 1.83 bits per heavy atom. The summed E-state index contributed by atoms with van der Waals surface area (Å²) >= 11 is 3.01. The molecule has 0 atom stereocenters. The maximum absolute atomic E-state index is 12.7. The van der Waals surface area contributed by atoms with Gasteiger partial charge >= 0.3 is 6.18 Å². The molecule has 0 amide bonds. The minimum atomic E-state index is -4.62. The van der Waals surface area contributed by atoms with Crippen molar-refractivity contribution in [2.75, 3.05) is 4.72 Å². The third-order valence-electron chi connectivity index (χ3n) is 2.16. The Bertz CT molecular complexity index is 541. The van der Waals surface area contributed by atoms with Gasteiger partial charge in [-0.15, -0.1) is 0 Å². The summed E-state index contributed by atoms with van der Waals surface area (Å²) < 4.78 is 63.6. The molecule has 0 heterocycles. The summed E-state index contributed by atoms with van der Waals surface area (Å²) in [5.74, 6) is 0. The number of nitrogens with one attached hydrogen (secondary N) is 1. The molecule has 1 rings (SSSR count). The number of benzene rings is 1. The molecule has 0 bridgehead atoms. The summed E-state index contributed by atoms with van der Waals surface area (Å²) in [5.41, 5.74) is -1.50. The van der Waals surface area contributed by atoms with Crippen LogP contribution in [0.5, 0.6) is 0 Å². The van der Waals surface area contributed by atoms with Crippen LogP contribution in [0.4, 0.5) is 18.9 Å². The summed E-state index contributed by atoms with van der Waals surface area (Å²) in [6, 6.07) is 3.11. The largest absolute Gasteiger partial charge is 0.418 e. The van der Waals surface area contributed by atoms with E-state index in [0.29, 0.717) is 4.47 Å². The van der Waals surface area contributed by atoms with Gasteiger partial charge in [-0.3, -0.25) is 4.72 Å². The van der Waals surface area contributed by atoms with E-state index in [1.165, 1.54) is 19.9 Å². The van der Waals surface area contributed by atoms with Crippen LogP contribution in [-0.2, 0) is 16.2 Å². The average Bonchev–Trinajstić information content (AvgIpc) is 2.14. The van der Waals surface area contributed by atoms with Gasteiger partial charge in [0.05, 0.1) is 16.5 Å². The van der Waals surface area contributed by atoms with Gasteiger partial charge in [0.1, 0.15) is 0 Å². The third-order valence-corrected chi connectivity index (χ3v) is 4.40. The first-order valence-corrected chi connectivity index (χ1v) is 7.26. The average molecular weight is 346 g/mol. The minimum Gasteiger partial charge on any atom is -0.283 e. The van der Waals surface area contributed by atoms with Crippen LogP contribution in [0.3, 0.4) is 0 Å². The van der Waals surface area contributed by atoms with Crippen LogP contribution in [0.2, 0.25) is 0 Å². The van der Waals surface area contributed by atoms with Crippen LogP contribution >= 0.6 is 15.9 Å². The monoisotopic (exact) mass is 345 g/mol. The van der Waals surface area contributed by atoms with Gasteiger partial charge in [-0.25, -0.2) is 8.42 Å². The molecule has 0 fully saturated rings. The number of hydrogen-bond acceptors (Lipinski definition) is 2. The molecule has 0 aromatic heterocycles. The van der Waals surface area contributed by atoms with Gasteiger partial charge in [0.15, 0.2) is 0 Å². The molecule has 0 aliphatic heterocycles. The Kier molecular flexibility index (Phi) is 4.32. The van der Waals surface area contributed by atoms with Crippen molar-refractivity contribution in [3.8, 4) is 0 Å². The van der Waals surface area contributed by atoms with Gasteiger partial charge in [0.2, 0.25) is 10.0 Å². The predicted octanol–water partition coefficient (Wildman–Crippen LogP) is 3.62. The molecular formula is C10H11BrF3NO2S. The molecule has 1 aromatic rings. The Hall–Kier alpha value is -0.760. The number of anilines is 1. The Labute approximate surface area is 112 Å². The number of halogens is 4. The highest BCUT2D eigenvalue weighted by atomic mass is 79.9. The summed E-state index contributed by atoms with van der Waals surface area (Å²) in [5, 5.41) is -0.822. The molecule has 0 aliphatic carbocycles. The third kappa shape index (κ3) is 3.61. The van der Waals surface area contributed by atoms with E-state index in [2.05, 4.69) is 15.9 Å². The highest BCUT2D eigenvalue weighted by Gasteiger charge is 2.34. The predicted molar refractivity (Wildman–Crippen MR) is 66.8 cm³/mol. The molecule has 0 spiro atoms. The van der Waals surface area contributed by atoms with Crippen LogP contribution in [0.15, 0.2) is 22.7 Å². The van der Waals surface area contributed by atoms with Gasteiger partial charge < -0.3 is 0 Å². The van der Waals surface area contributed by atoms with E-state index in [1.54, 1.807) is 0 Å². The van der Waals surface area contributed by atoms with E-state index in [1.807, 2.05) is 4.72 Å². The van der Waals surface area contributed by atoms with Crippen LogP contribution in [0, 0.1) is 0 Å². The molecule has 18 heavy (non-hydrogen) atoms. The summed E-state index contributed by atoms with van der Waals surface area (Å²) in [4.78, 5) is 0. The minimum absolute atomic E-state index is 0.358. The van der Waals surface area contributed by atoms with Crippen molar-refractivity contribution in [3.05, 3.63) is 28.2 Å². The van der Waals surface area contributed by atoms with Gasteiger partial charge in [-0.05, 0) is 32.0 Å². The van der Waals surface area contributed by atoms with Gasteiger partial charge in [-0.1, -0.05) is 15.9 Å². The second kappa shape index (κ2) is 5.08. The Morgan fingerprint density at radius 3 is 2.28 bits per heavy atom. The second-order valence-corrected chi connectivity index (χ2v) is 7.04. The maximum atomic E-state index is 12.7. The van der Waals surface area contributed by atoms with E-state index in [-0.39, 0.29) is 0 Å². The first kappa shape index (κ1) is 15.3. The van der Waals surface area contributed by atoms with E-state index in [9.17, 15) is 21.6 Å². The Morgan fingerprint density at radius 1 is 1.28 bits per heavy atom. The molecule has 102 valence electrons. The van der Waals surface area contributed by atoms with Crippen molar-refractivity contribution in [2.45, 2.75) is 25.3 Å². The second-order valence-electron chi connectivity index (χ2n) is 3.88. The van der Waals surface area contributed by atoms with E-state index in [4.69, 9.17) is 0 Å². The van der Waals surface area contributed by atoms with Crippen molar-refractivity contribution in [1.82, 2.24) is 0 Å². The molecule has 0 unspecified atom stereocenters. The van der Waals surface area contributed by atoms with Gasteiger partial charge in [0, 0.05) is 4.47 Å². The number of sulfonamides is 1. The summed E-state index contributed by atoms with van der Waals surface area (Å²) in [7, 11) is -3.82. The van der Waals surface area contributed by atoms with Crippen molar-refractivity contribution in [1.29, 1.82) is 0 Å². The molecule has 0 aliphatic rings. The van der Waals surface area contributed by atoms with Crippen molar-refractivity contribution in [2.24, 2.45) is 0 Å². The number of rotatable bonds is 3. The first-order valence-electron chi connectivity index (χ1n) is 4.92. The molecule has 3 nitrogen and oxygen atoms in total. The van der Waals surface area contributed by atoms with Crippen LogP contribution in [0.1, 0.15) is 19.4 Å². The summed E-state index contributed by atoms with van der Waals surface area (Å²) in [6.07, 6.45) is -4.62. The first-order chi connectivity index (χ1) is 8.04. The quantitative estimate of drug-likeness (QED) is 0.909.